The molecule has 2 aromatic rings. The average molecular weight is 304 g/mol. The highest BCUT2D eigenvalue weighted by Crippen LogP contribution is 2.30. The summed E-state index contributed by atoms with van der Waals surface area (Å²) in [4.78, 5) is 20.6. The third kappa shape index (κ3) is 2.77. The summed E-state index contributed by atoms with van der Waals surface area (Å²) in [5.41, 5.74) is -0.238. The molecule has 1 saturated heterocycles. The number of rotatable bonds is 4. The van der Waals surface area contributed by atoms with E-state index < -0.39 is 5.54 Å². The van der Waals surface area contributed by atoms with Crippen LogP contribution in [0, 0.1) is 0 Å². The lowest BCUT2D eigenvalue weighted by molar-refractivity contribution is 0.0306. The van der Waals surface area contributed by atoms with Crippen LogP contribution >= 0.6 is 0 Å². The monoisotopic (exact) mass is 304 g/mol. The molecule has 2 aromatic heterocycles. The first-order chi connectivity index (χ1) is 10.7. The molecule has 0 bridgehead atoms. The molecular formula is C14H16N4O4. The molecule has 0 spiro atoms. The second-order valence-electron chi connectivity index (χ2n) is 4.99. The average Bonchev–Trinajstić information content (AvgIpc) is 3.11. The van der Waals surface area contributed by atoms with Crippen molar-refractivity contribution in [2.75, 3.05) is 20.3 Å². The SMILES string of the molecule is COc1ccc(C(=O)NC2(c3ncon3)CCOCC2)cn1. The maximum atomic E-state index is 12.5. The van der Waals surface area contributed by atoms with Crippen molar-refractivity contribution in [1.29, 1.82) is 0 Å². The van der Waals surface area contributed by atoms with Gasteiger partial charge in [-0.25, -0.2) is 4.98 Å². The van der Waals surface area contributed by atoms with Crippen LogP contribution in [0.4, 0.5) is 0 Å². The predicted octanol–water partition coefficient (Wildman–Crippen LogP) is 0.909. The fourth-order valence-corrected chi connectivity index (χ4v) is 2.43. The maximum absolute atomic E-state index is 12.5. The summed E-state index contributed by atoms with van der Waals surface area (Å²) < 4.78 is 15.2. The molecule has 1 aliphatic heterocycles. The topological polar surface area (TPSA) is 99.4 Å². The van der Waals surface area contributed by atoms with Crippen LogP contribution in [0.25, 0.3) is 0 Å². The lowest BCUT2D eigenvalue weighted by atomic mass is 9.88. The molecule has 8 nitrogen and oxygen atoms in total. The van der Waals surface area contributed by atoms with Crippen LogP contribution in [0.1, 0.15) is 29.0 Å². The lowest BCUT2D eigenvalue weighted by Crippen LogP contribution is -2.50. The van der Waals surface area contributed by atoms with Crippen molar-refractivity contribution in [3.05, 3.63) is 36.1 Å². The molecule has 0 aromatic carbocycles. The summed E-state index contributed by atoms with van der Waals surface area (Å²) in [7, 11) is 1.52. The van der Waals surface area contributed by atoms with Crippen molar-refractivity contribution in [2.45, 2.75) is 18.4 Å². The minimum atomic E-state index is -0.678. The molecule has 0 saturated carbocycles. The molecule has 1 N–H and O–H groups in total. The Hall–Kier alpha value is -2.48. The first kappa shape index (κ1) is 14.5. The molecule has 116 valence electrons. The van der Waals surface area contributed by atoms with Crippen LogP contribution in [0.15, 0.2) is 29.2 Å². The molecule has 3 rings (SSSR count). The zero-order valence-electron chi connectivity index (χ0n) is 12.1. The smallest absolute Gasteiger partial charge is 0.253 e. The highest BCUT2D eigenvalue weighted by Gasteiger charge is 2.40. The van der Waals surface area contributed by atoms with Crippen LogP contribution in [0.3, 0.4) is 0 Å². The Bertz CT molecular complexity index is 621. The third-order valence-electron chi connectivity index (χ3n) is 3.70. The van der Waals surface area contributed by atoms with Crippen LogP contribution in [0.2, 0.25) is 0 Å². The zero-order chi connectivity index (χ0) is 15.4. The van der Waals surface area contributed by atoms with Gasteiger partial charge < -0.3 is 19.3 Å². The number of aromatic nitrogens is 3. The van der Waals surface area contributed by atoms with Gasteiger partial charge in [-0.2, -0.15) is 4.98 Å². The molecule has 1 aliphatic rings. The Kier molecular flexibility index (Phi) is 4.01. The third-order valence-corrected chi connectivity index (χ3v) is 3.70. The lowest BCUT2D eigenvalue weighted by Gasteiger charge is -2.35. The molecular weight excluding hydrogens is 288 g/mol. The fourth-order valence-electron chi connectivity index (χ4n) is 2.43. The number of ether oxygens (including phenoxy) is 2. The van der Waals surface area contributed by atoms with Crippen molar-refractivity contribution in [3.63, 3.8) is 0 Å². The van der Waals surface area contributed by atoms with Crippen molar-refractivity contribution in [3.8, 4) is 5.88 Å². The molecule has 0 unspecified atom stereocenters. The number of hydrogen-bond acceptors (Lipinski definition) is 7. The van der Waals surface area contributed by atoms with Crippen LogP contribution in [0.5, 0.6) is 5.88 Å². The number of pyridine rings is 1. The minimum absolute atomic E-state index is 0.248. The number of hydrogen-bond donors (Lipinski definition) is 1. The highest BCUT2D eigenvalue weighted by molar-refractivity contribution is 5.94. The van der Waals surface area contributed by atoms with Crippen molar-refractivity contribution < 1.29 is 18.8 Å². The van der Waals surface area contributed by atoms with Gasteiger partial charge in [-0.1, -0.05) is 5.16 Å². The van der Waals surface area contributed by atoms with Crippen LogP contribution in [-0.4, -0.2) is 41.4 Å². The van der Waals surface area contributed by atoms with Gasteiger partial charge in [-0.15, -0.1) is 0 Å². The van der Waals surface area contributed by atoms with Gasteiger partial charge in [0.05, 0.1) is 12.7 Å². The molecule has 3 heterocycles. The number of nitrogens with zero attached hydrogens (tertiary/aromatic N) is 3. The summed E-state index contributed by atoms with van der Waals surface area (Å²) in [6.45, 7) is 1.05. The number of carbonyl (C=O) groups excluding carboxylic acids is 1. The molecule has 0 atom stereocenters. The van der Waals surface area contributed by atoms with Gasteiger partial charge in [0.25, 0.3) is 5.91 Å². The van der Waals surface area contributed by atoms with Gasteiger partial charge in [0, 0.05) is 38.3 Å². The largest absolute Gasteiger partial charge is 0.481 e. The van der Waals surface area contributed by atoms with Crippen molar-refractivity contribution in [1.82, 2.24) is 20.4 Å². The molecule has 1 amide bonds. The van der Waals surface area contributed by atoms with E-state index >= 15 is 0 Å². The van der Waals surface area contributed by atoms with Gasteiger partial charge in [-0.05, 0) is 6.07 Å². The quantitative estimate of drug-likeness (QED) is 0.896. The zero-order valence-corrected chi connectivity index (χ0v) is 12.1. The summed E-state index contributed by atoms with van der Waals surface area (Å²) >= 11 is 0. The standard InChI is InChI=1S/C14H16N4O4/c1-20-11-3-2-10(8-15-11)12(19)17-14(4-6-21-7-5-14)13-16-9-22-18-13/h2-3,8-9H,4-7H2,1H3,(H,17,19). The number of amides is 1. The Morgan fingerprint density at radius 3 is 2.73 bits per heavy atom. The minimum Gasteiger partial charge on any atom is -0.481 e. The van der Waals surface area contributed by atoms with E-state index in [2.05, 4.69) is 20.4 Å². The van der Waals surface area contributed by atoms with Gasteiger partial charge in [0.2, 0.25) is 12.3 Å². The van der Waals surface area contributed by atoms with E-state index in [1.807, 2.05) is 0 Å². The number of methoxy groups -OCH3 is 1. The summed E-state index contributed by atoms with van der Waals surface area (Å²) in [5, 5.41) is 6.90. The van der Waals surface area contributed by atoms with E-state index in [9.17, 15) is 4.79 Å². The first-order valence-corrected chi connectivity index (χ1v) is 6.91. The van der Waals surface area contributed by atoms with Crippen LogP contribution in [-0.2, 0) is 10.3 Å². The number of carbonyl (C=O) groups is 1. The van der Waals surface area contributed by atoms with E-state index in [1.54, 1.807) is 12.1 Å². The van der Waals surface area contributed by atoms with Gasteiger partial charge in [0.1, 0.15) is 5.54 Å². The molecule has 8 heteroatoms. The summed E-state index contributed by atoms with van der Waals surface area (Å²) in [6, 6.07) is 3.30. The Morgan fingerprint density at radius 2 is 2.14 bits per heavy atom. The fraction of sp³-hybridized carbons (Fsp3) is 0.429. The van der Waals surface area contributed by atoms with Crippen molar-refractivity contribution >= 4 is 5.91 Å². The van der Waals surface area contributed by atoms with E-state index in [0.717, 1.165) is 0 Å². The molecule has 22 heavy (non-hydrogen) atoms. The van der Waals surface area contributed by atoms with Gasteiger partial charge in [0.15, 0.2) is 5.82 Å². The normalized spacial score (nSPS) is 17.0. The maximum Gasteiger partial charge on any atom is 0.253 e. The van der Waals surface area contributed by atoms with E-state index in [-0.39, 0.29) is 5.91 Å². The molecule has 0 radical (unpaired) electrons. The Labute approximate surface area is 126 Å². The van der Waals surface area contributed by atoms with Gasteiger partial charge >= 0.3 is 0 Å². The molecule has 1 fully saturated rings. The summed E-state index contributed by atoms with van der Waals surface area (Å²) in [5.74, 6) is 0.669. The highest BCUT2D eigenvalue weighted by atomic mass is 16.5. The number of nitrogens with one attached hydrogen (secondary N) is 1. The predicted molar refractivity (Wildman–Crippen MR) is 74.3 cm³/mol. The van der Waals surface area contributed by atoms with Crippen LogP contribution < -0.4 is 10.1 Å². The van der Waals surface area contributed by atoms with Gasteiger partial charge in [-0.3, -0.25) is 4.79 Å². The van der Waals surface area contributed by atoms with E-state index in [1.165, 1.54) is 19.7 Å². The summed E-state index contributed by atoms with van der Waals surface area (Å²) in [6.07, 6.45) is 3.90. The van der Waals surface area contributed by atoms with E-state index in [0.29, 0.717) is 43.3 Å². The first-order valence-electron chi connectivity index (χ1n) is 6.91. The molecule has 0 aliphatic carbocycles. The second kappa shape index (κ2) is 6.10. The Morgan fingerprint density at radius 1 is 1.32 bits per heavy atom. The van der Waals surface area contributed by atoms with Crippen molar-refractivity contribution in [2.24, 2.45) is 0 Å². The Balaban J connectivity index is 1.82. The van der Waals surface area contributed by atoms with E-state index in [4.69, 9.17) is 14.0 Å². The second-order valence-corrected chi connectivity index (χ2v) is 4.99.